The van der Waals surface area contributed by atoms with E-state index < -0.39 is 6.04 Å². The van der Waals surface area contributed by atoms with Gasteiger partial charge >= 0.3 is 0 Å². The van der Waals surface area contributed by atoms with E-state index in [-0.39, 0.29) is 17.7 Å². The smallest absolute Gasteiger partial charge is 0.255 e. The molecule has 2 aromatic carbocycles. The van der Waals surface area contributed by atoms with Crippen molar-refractivity contribution in [2.24, 2.45) is 5.92 Å². The van der Waals surface area contributed by atoms with Crippen molar-refractivity contribution >= 4 is 17.5 Å². The first kappa shape index (κ1) is 19.5. The van der Waals surface area contributed by atoms with E-state index in [9.17, 15) is 9.59 Å². The SMILES string of the molecule is CCOc1ccccc1C(=O)NC(C(=O)Nc1ccc(C)cc1)C(C)C. The molecule has 5 heteroatoms. The summed E-state index contributed by atoms with van der Waals surface area (Å²) >= 11 is 0. The molecule has 2 N–H and O–H groups in total. The zero-order valence-corrected chi connectivity index (χ0v) is 15.7. The van der Waals surface area contributed by atoms with E-state index >= 15 is 0 Å². The van der Waals surface area contributed by atoms with Gasteiger partial charge in [0.25, 0.3) is 5.91 Å². The van der Waals surface area contributed by atoms with Crippen molar-refractivity contribution in [2.75, 3.05) is 11.9 Å². The number of anilines is 1. The fraction of sp³-hybridized carbons (Fsp3) is 0.333. The number of rotatable bonds is 7. The number of ether oxygens (including phenoxy) is 1. The van der Waals surface area contributed by atoms with Gasteiger partial charge in [-0.1, -0.05) is 43.7 Å². The minimum Gasteiger partial charge on any atom is -0.493 e. The Morgan fingerprint density at radius 2 is 1.69 bits per heavy atom. The highest BCUT2D eigenvalue weighted by Gasteiger charge is 2.26. The third-order valence-electron chi connectivity index (χ3n) is 3.99. The first-order valence-electron chi connectivity index (χ1n) is 8.82. The summed E-state index contributed by atoms with van der Waals surface area (Å²) in [7, 11) is 0. The number of carbonyl (C=O) groups is 2. The Labute approximate surface area is 154 Å². The Morgan fingerprint density at radius 1 is 1.04 bits per heavy atom. The van der Waals surface area contributed by atoms with Crippen LogP contribution < -0.4 is 15.4 Å². The summed E-state index contributed by atoms with van der Waals surface area (Å²) in [6.45, 7) is 8.10. The summed E-state index contributed by atoms with van der Waals surface area (Å²) in [5, 5.41) is 5.69. The number of aryl methyl sites for hydroxylation is 1. The number of hydrogen-bond donors (Lipinski definition) is 2. The lowest BCUT2D eigenvalue weighted by molar-refractivity contribution is -0.118. The minimum atomic E-state index is -0.654. The molecule has 0 heterocycles. The average molecular weight is 354 g/mol. The molecule has 138 valence electrons. The average Bonchev–Trinajstić information content (AvgIpc) is 2.61. The first-order chi connectivity index (χ1) is 12.4. The molecule has 0 aliphatic heterocycles. The molecule has 0 saturated heterocycles. The highest BCUT2D eigenvalue weighted by molar-refractivity contribution is 6.02. The van der Waals surface area contributed by atoms with Gasteiger partial charge in [0, 0.05) is 5.69 Å². The van der Waals surface area contributed by atoms with Gasteiger partial charge in [-0.15, -0.1) is 0 Å². The lowest BCUT2D eigenvalue weighted by Gasteiger charge is -2.22. The van der Waals surface area contributed by atoms with E-state index in [1.54, 1.807) is 18.2 Å². The summed E-state index contributed by atoms with van der Waals surface area (Å²) in [6.07, 6.45) is 0. The van der Waals surface area contributed by atoms with Crippen molar-refractivity contribution in [1.82, 2.24) is 5.32 Å². The molecule has 1 atom stereocenters. The van der Waals surface area contributed by atoms with Gasteiger partial charge in [0.15, 0.2) is 0 Å². The van der Waals surface area contributed by atoms with Crippen LogP contribution in [0.25, 0.3) is 0 Å². The van der Waals surface area contributed by atoms with Gasteiger partial charge in [-0.25, -0.2) is 0 Å². The predicted octanol–water partition coefficient (Wildman–Crippen LogP) is 3.79. The van der Waals surface area contributed by atoms with Crippen LogP contribution in [0.1, 0.15) is 36.7 Å². The molecule has 0 spiro atoms. The maximum Gasteiger partial charge on any atom is 0.255 e. The monoisotopic (exact) mass is 354 g/mol. The maximum atomic E-state index is 12.7. The summed E-state index contributed by atoms with van der Waals surface area (Å²) in [5.74, 6) is -0.129. The van der Waals surface area contributed by atoms with Gasteiger partial charge in [-0.05, 0) is 44.0 Å². The normalized spacial score (nSPS) is 11.7. The molecule has 0 aliphatic rings. The Balaban J connectivity index is 2.13. The van der Waals surface area contributed by atoms with Gasteiger partial charge < -0.3 is 15.4 Å². The van der Waals surface area contributed by atoms with Crippen LogP contribution in [0, 0.1) is 12.8 Å². The molecule has 5 nitrogen and oxygen atoms in total. The molecule has 2 aromatic rings. The van der Waals surface area contributed by atoms with Gasteiger partial charge in [0.2, 0.25) is 5.91 Å². The van der Waals surface area contributed by atoms with Crippen LogP contribution in [0.3, 0.4) is 0 Å². The molecule has 0 radical (unpaired) electrons. The maximum absolute atomic E-state index is 12.7. The highest BCUT2D eigenvalue weighted by atomic mass is 16.5. The quantitative estimate of drug-likeness (QED) is 0.795. The summed E-state index contributed by atoms with van der Waals surface area (Å²) in [5.41, 5.74) is 2.24. The molecule has 0 bridgehead atoms. The predicted molar refractivity (Wildman–Crippen MR) is 104 cm³/mol. The molecular weight excluding hydrogens is 328 g/mol. The highest BCUT2D eigenvalue weighted by Crippen LogP contribution is 2.19. The summed E-state index contributed by atoms with van der Waals surface area (Å²) in [6, 6.07) is 13.9. The molecule has 2 rings (SSSR count). The third-order valence-corrected chi connectivity index (χ3v) is 3.99. The molecule has 0 aliphatic carbocycles. The lowest BCUT2D eigenvalue weighted by atomic mass is 10.0. The second kappa shape index (κ2) is 9.04. The molecule has 0 fully saturated rings. The van der Waals surface area contributed by atoms with E-state index in [0.29, 0.717) is 23.6 Å². The largest absolute Gasteiger partial charge is 0.493 e. The Kier molecular flexibility index (Phi) is 6.78. The van der Waals surface area contributed by atoms with E-state index in [0.717, 1.165) is 5.56 Å². The topological polar surface area (TPSA) is 67.4 Å². The molecular formula is C21H26N2O3. The number of benzene rings is 2. The van der Waals surface area contributed by atoms with Crippen LogP contribution in [0.15, 0.2) is 48.5 Å². The minimum absolute atomic E-state index is 0.0661. The zero-order chi connectivity index (χ0) is 19.1. The third kappa shape index (κ3) is 5.09. The number of amides is 2. The Bertz CT molecular complexity index is 754. The molecule has 0 saturated carbocycles. The second-order valence-electron chi connectivity index (χ2n) is 6.48. The van der Waals surface area contributed by atoms with Crippen LogP contribution in [-0.2, 0) is 4.79 Å². The van der Waals surface area contributed by atoms with E-state index in [2.05, 4.69) is 10.6 Å². The molecule has 1 unspecified atom stereocenters. The fourth-order valence-corrected chi connectivity index (χ4v) is 2.55. The van der Waals surface area contributed by atoms with Gasteiger partial charge in [-0.3, -0.25) is 9.59 Å². The van der Waals surface area contributed by atoms with Crippen molar-refractivity contribution in [3.8, 4) is 5.75 Å². The van der Waals surface area contributed by atoms with Crippen molar-refractivity contribution < 1.29 is 14.3 Å². The molecule has 26 heavy (non-hydrogen) atoms. The second-order valence-corrected chi connectivity index (χ2v) is 6.48. The first-order valence-corrected chi connectivity index (χ1v) is 8.82. The Morgan fingerprint density at radius 3 is 2.31 bits per heavy atom. The summed E-state index contributed by atoms with van der Waals surface area (Å²) < 4.78 is 5.51. The standard InChI is InChI=1S/C21H26N2O3/c1-5-26-18-9-7-6-8-17(18)20(24)23-19(14(2)3)21(25)22-16-12-10-15(4)11-13-16/h6-14,19H,5H2,1-4H3,(H,22,25)(H,23,24). The van der Waals surface area contributed by atoms with Crippen LogP contribution in [0.4, 0.5) is 5.69 Å². The van der Waals surface area contributed by atoms with E-state index in [1.807, 2.05) is 58.0 Å². The van der Waals surface area contributed by atoms with E-state index in [4.69, 9.17) is 4.74 Å². The Hall–Kier alpha value is -2.82. The number of carbonyl (C=O) groups excluding carboxylic acids is 2. The van der Waals surface area contributed by atoms with Gasteiger partial charge in [0.05, 0.1) is 12.2 Å². The van der Waals surface area contributed by atoms with Crippen molar-refractivity contribution in [2.45, 2.75) is 33.7 Å². The van der Waals surface area contributed by atoms with Gasteiger partial charge in [0.1, 0.15) is 11.8 Å². The number of hydrogen-bond acceptors (Lipinski definition) is 3. The van der Waals surface area contributed by atoms with Crippen molar-refractivity contribution in [3.63, 3.8) is 0 Å². The summed E-state index contributed by atoms with van der Waals surface area (Å²) in [4.78, 5) is 25.3. The van der Waals surface area contributed by atoms with E-state index in [1.165, 1.54) is 0 Å². The number of nitrogens with one attached hydrogen (secondary N) is 2. The van der Waals surface area contributed by atoms with Crippen molar-refractivity contribution in [3.05, 3.63) is 59.7 Å². The fourth-order valence-electron chi connectivity index (χ4n) is 2.55. The van der Waals surface area contributed by atoms with Crippen LogP contribution in [-0.4, -0.2) is 24.5 Å². The zero-order valence-electron chi connectivity index (χ0n) is 15.7. The lowest BCUT2D eigenvalue weighted by Crippen LogP contribution is -2.47. The molecule has 0 aromatic heterocycles. The van der Waals surface area contributed by atoms with Gasteiger partial charge in [-0.2, -0.15) is 0 Å². The van der Waals surface area contributed by atoms with Crippen LogP contribution >= 0.6 is 0 Å². The number of para-hydroxylation sites is 1. The molecule has 2 amide bonds. The van der Waals surface area contributed by atoms with Crippen LogP contribution in [0.5, 0.6) is 5.75 Å². The van der Waals surface area contributed by atoms with Crippen molar-refractivity contribution in [1.29, 1.82) is 0 Å². The van der Waals surface area contributed by atoms with Crippen LogP contribution in [0.2, 0.25) is 0 Å².